The monoisotopic (exact) mass is 512 g/mol. The van der Waals surface area contributed by atoms with Gasteiger partial charge in [-0.15, -0.1) is 0 Å². The summed E-state index contributed by atoms with van der Waals surface area (Å²) in [6.45, 7) is 4.44. The van der Waals surface area contributed by atoms with Gasteiger partial charge in [-0.3, -0.25) is 9.36 Å². The molecule has 6 heteroatoms. The fraction of sp³-hybridized carbons (Fsp3) is 0.344. The minimum absolute atomic E-state index is 0.0498. The Morgan fingerprint density at radius 2 is 1.45 bits per heavy atom. The highest BCUT2D eigenvalue weighted by molar-refractivity contribution is 5.87. The molecule has 0 unspecified atom stereocenters. The van der Waals surface area contributed by atoms with Gasteiger partial charge in [-0.2, -0.15) is 0 Å². The summed E-state index contributed by atoms with van der Waals surface area (Å²) in [7, 11) is 0. The lowest BCUT2D eigenvalue weighted by Gasteiger charge is -2.26. The van der Waals surface area contributed by atoms with E-state index >= 15 is 0 Å². The molecule has 0 radical (unpaired) electrons. The van der Waals surface area contributed by atoms with E-state index in [-0.39, 0.29) is 17.1 Å². The van der Waals surface area contributed by atoms with Gasteiger partial charge in [0.1, 0.15) is 17.2 Å². The highest BCUT2D eigenvalue weighted by Gasteiger charge is 2.14. The van der Waals surface area contributed by atoms with Crippen LogP contribution in [0.2, 0.25) is 0 Å². The van der Waals surface area contributed by atoms with Crippen molar-refractivity contribution in [1.82, 2.24) is 9.47 Å². The van der Waals surface area contributed by atoms with Crippen molar-refractivity contribution in [3.8, 4) is 34.2 Å². The molecule has 2 heterocycles. The van der Waals surface area contributed by atoms with Gasteiger partial charge in [0.25, 0.3) is 5.56 Å². The number of benzene rings is 3. The van der Waals surface area contributed by atoms with Crippen LogP contribution in [0.25, 0.3) is 27.7 Å². The maximum Gasteiger partial charge on any atom is 0.263 e. The summed E-state index contributed by atoms with van der Waals surface area (Å²) >= 11 is 0. The second-order valence-electron chi connectivity index (χ2n) is 10.1. The highest BCUT2D eigenvalue weighted by atomic mass is 16.5. The van der Waals surface area contributed by atoms with E-state index in [0.717, 1.165) is 23.1 Å². The predicted octanol–water partition coefficient (Wildman–Crippen LogP) is 6.49. The van der Waals surface area contributed by atoms with Crippen molar-refractivity contribution < 1.29 is 14.9 Å². The summed E-state index contributed by atoms with van der Waals surface area (Å²) in [5, 5.41) is 20.9. The number of hydrogen-bond acceptors (Lipinski definition) is 5. The van der Waals surface area contributed by atoms with Crippen LogP contribution in [0.15, 0.2) is 77.6 Å². The van der Waals surface area contributed by atoms with Crippen LogP contribution >= 0.6 is 0 Å². The molecular weight excluding hydrogens is 476 g/mol. The van der Waals surface area contributed by atoms with Crippen molar-refractivity contribution in [2.75, 3.05) is 26.2 Å². The number of ether oxygens (including phenoxy) is 1. The zero-order valence-electron chi connectivity index (χ0n) is 21.8. The van der Waals surface area contributed by atoms with Crippen LogP contribution in [0.5, 0.6) is 17.2 Å². The van der Waals surface area contributed by atoms with E-state index in [4.69, 9.17) is 4.74 Å². The third-order valence-corrected chi connectivity index (χ3v) is 7.35. The molecular formula is C32H36N2O4. The lowest BCUT2D eigenvalue weighted by molar-refractivity contribution is 0.223. The van der Waals surface area contributed by atoms with Gasteiger partial charge in [0.2, 0.25) is 0 Å². The van der Waals surface area contributed by atoms with Gasteiger partial charge in [0, 0.05) is 5.69 Å². The third-order valence-electron chi connectivity index (χ3n) is 7.35. The van der Waals surface area contributed by atoms with Crippen LogP contribution in [0.3, 0.4) is 0 Å². The number of piperidine rings is 1. The number of rotatable bonds is 10. The molecule has 0 bridgehead atoms. The summed E-state index contributed by atoms with van der Waals surface area (Å²) in [5.74, 6) is 0.991. The molecule has 5 rings (SSSR count). The molecule has 0 aliphatic carbocycles. The topological polar surface area (TPSA) is 74.9 Å². The average Bonchev–Trinajstić information content (AvgIpc) is 2.94. The molecule has 6 nitrogen and oxygen atoms in total. The Hall–Kier alpha value is -3.77. The molecule has 198 valence electrons. The summed E-state index contributed by atoms with van der Waals surface area (Å²) < 4.78 is 7.62. The summed E-state index contributed by atoms with van der Waals surface area (Å²) in [6, 6.07) is 21.1. The van der Waals surface area contributed by atoms with E-state index in [1.165, 1.54) is 64.2 Å². The Bertz CT molecular complexity index is 1400. The van der Waals surface area contributed by atoms with Crippen molar-refractivity contribution in [1.29, 1.82) is 0 Å². The van der Waals surface area contributed by atoms with Gasteiger partial charge < -0.3 is 19.8 Å². The van der Waals surface area contributed by atoms with E-state index in [0.29, 0.717) is 23.4 Å². The van der Waals surface area contributed by atoms with Gasteiger partial charge in [-0.1, -0.05) is 25.3 Å². The molecule has 1 saturated heterocycles. The molecule has 1 aliphatic rings. The first kappa shape index (κ1) is 25.9. The Labute approximate surface area is 223 Å². The van der Waals surface area contributed by atoms with Gasteiger partial charge in [0.05, 0.1) is 17.7 Å². The summed E-state index contributed by atoms with van der Waals surface area (Å²) in [4.78, 5) is 16.2. The average molecular weight is 513 g/mol. The second kappa shape index (κ2) is 12.2. The third kappa shape index (κ3) is 6.20. The van der Waals surface area contributed by atoms with Crippen molar-refractivity contribution in [2.45, 2.75) is 44.9 Å². The number of aromatic hydroxyl groups is 2. The van der Waals surface area contributed by atoms with Crippen LogP contribution in [0.1, 0.15) is 44.9 Å². The van der Waals surface area contributed by atoms with Gasteiger partial charge in [-0.05, 0) is 123 Å². The molecule has 1 fully saturated rings. The zero-order chi connectivity index (χ0) is 26.3. The largest absolute Gasteiger partial charge is 0.508 e. The minimum atomic E-state index is -0.223. The predicted molar refractivity (Wildman–Crippen MR) is 153 cm³/mol. The maximum atomic E-state index is 13.6. The number of likely N-dealkylation sites (tertiary alicyclic amines) is 1. The molecule has 1 aromatic heterocycles. The number of fused-ring (bicyclic) bond motifs is 1. The van der Waals surface area contributed by atoms with E-state index < -0.39 is 0 Å². The fourth-order valence-electron chi connectivity index (χ4n) is 5.25. The number of pyridine rings is 1. The Balaban J connectivity index is 1.26. The van der Waals surface area contributed by atoms with E-state index in [1.54, 1.807) is 41.0 Å². The van der Waals surface area contributed by atoms with Gasteiger partial charge >= 0.3 is 0 Å². The Morgan fingerprint density at radius 3 is 2.21 bits per heavy atom. The second-order valence-corrected chi connectivity index (χ2v) is 10.1. The first-order chi connectivity index (χ1) is 18.6. The van der Waals surface area contributed by atoms with Gasteiger partial charge in [-0.25, -0.2) is 0 Å². The molecule has 2 N–H and O–H groups in total. The quantitative estimate of drug-likeness (QED) is 0.238. The number of hydrogen-bond donors (Lipinski definition) is 2. The summed E-state index contributed by atoms with van der Waals surface area (Å²) in [5.41, 5.74) is 1.98. The first-order valence-electron chi connectivity index (χ1n) is 13.7. The SMILES string of the molecule is O=c1c2cc(O)ccc2cc(-c2ccc(O)cc2)n1-c1ccc(OCCCCCCN2CCCCC2)cc1. The van der Waals surface area contributed by atoms with Crippen LogP contribution in [0, 0.1) is 0 Å². The van der Waals surface area contributed by atoms with Crippen LogP contribution in [-0.4, -0.2) is 45.9 Å². The Morgan fingerprint density at radius 1 is 0.737 bits per heavy atom. The molecule has 0 saturated carbocycles. The molecule has 0 atom stereocenters. The minimum Gasteiger partial charge on any atom is -0.508 e. The number of phenols is 2. The molecule has 0 amide bonds. The maximum absolute atomic E-state index is 13.6. The number of nitrogens with zero attached hydrogens (tertiary/aromatic N) is 2. The number of aromatic nitrogens is 1. The molecule has 4 aromatic rings. The van der Waals surface area contributed by atoms with Crippen LogP contribution < -0.4 is 10.3 Å². The van der Waals surface area contributed by atoms with Crippen LogP contribution in [0.4, 0.5) is 0 Å². The smallest absolute Gasteiger partial charge is 0.263 e. The normalized spacial score (nSPS) is 14.1. The van der Waals surface area contributed by atoms with Crippen molar-refractivity contribution in [3.05, 3.63) is 83.2 Å². The molecule has 38 heavy (non-hydrogen) atoms. The van der Waals surface area contributed by atoms with Crippen molar-refractivity contribution >= 4 is 10.8 Å². The Kier molecular flexibility index (Phi) is 8.29. The fourth-order valence-corrected chi connectivity index (χ4v) is 5.25. The molecule has 0 spiro atoms. The number of phenolic OH excluding ortho intramolecular Hbond substituents is 2. The van der Waals surface area contributed by atoms with Crippen molar-refractivity contribution in [3.63, 3.8) is 0 Å². The summed E-state index contributed by atoms with van der Waals surface area (Å²) in [6.07, 6.45) is 8.78. The highest BCUT2D eigenvalue weighted by Crippen LogP contribution is 2.28. The number of unbranched alkanes of at least 4 members (excludes halogenated alkanes) is 3. The van der Waals surface area contributed by atoms with E-state index in [9.17, 15) is 15.0 Å². The van der Waals surface area contributed by atoms with Crippen LogP contribution in [-0.2, 0) is 0 Å². The zero-order valence-corrected chi connectivity index (χ0v) is 21.8. The van der Waals surface area contributed by atoms with E-state index in [1.807, 2.05) is 30.3 Å². The lowest BCUT2D eigenvalue weighted by atomic mass is 10.1. The first-order valence-corrected chi connectivity index (χ1v) is 13.7. The van der Waals surface area contributed by atoms with E-state index in [2.05, 4.69) is 4.90 Å². The standard InChI is InChI=1S/C32H36N2O4/c35-27-13-8-24(9-14-27)31-22-25-10-15-28(36)23-30(25)32(37)34(31)26-11-16-29(17-12-26)38-21-7-2-1-4-18-33-19-5-3-6-20-33/h8-17,22-23,35-36H,1-7,18-21H2. The van der Waals surface area contributed by atoms with Gasteiger partial charge in [0.15, 0.2) is 0 Å². The molecule has 1 aliphatic heterocycles. The lowest BCUT2D eigenvalue weighted by Crippen LogP contribution is -2.30. The van der Waals surface area contributed by atoms with Crippen molar-refractivity contribution in [2.24, 2.45) is 0 Å². The molecule has 3 aromatic carbocycles.